The third kappa shape index (κ3) is 3.30. The summed E-state index contributed by atoms with van der Waals surface area (Å²) in [5, 5.41) is 2.97. The Morgan fingerprint density at radius 3 is 2.79 bits per heavy atom. The SMILES string of the molecule is Cc1ccc(C(=O)Nc2cc(Br)cnc2Cl)c(C)n1. The van der Waals surface area contributed by atoms with E-state index >= 15 is 0 Å². The molecular formula is C13H11BrClN3O. The number of amides is 1. The number of aromatic nitrogens is 2. The van der Waals surface area contributed by atoms with Gasteiger partial charge in [-0.1, -0.05) is 11.6 Å². The highest BCUT2D eigenvalue weighted by Gasteiger charge is 2.12. The van der Waals surface area contributed by atoms with Gasteiger partial charge >= 0.3 is 0 Å². The van der Waals surface area contributed by atoms with Crippen molar-refractivity contribution in [2.75, 3.05) is 5.32 Å². The van der Waals surface area contributed by atoms with Crippen molar-refractivity contribution in [3.63, 3.8) is 0 Å². The van der Waals surface area contributed by atoms with E-state index in [9.17, 15) is 4.79 Å². The van der Waals surface area contributed by atoms with Crippen LogP contribution in [-0.4, -0.2) is 15.9 Å². The lowest BCUT2D eigenvalue weighted by molar-refractivity contribution is 0.102. The van der Waals surface area contributed by atoms with Gasteiger partial charge in [-0.15, -0.1) is 0 Å². The number of hydrogen-bond acceptors (Lipinski definition) is 3. The van der Waals surface area contributed by atoms with E-state index in [0.717, 1.165) is 10.2 Å². The molecule has 0 atom stereocenters. The van der Waals surface area contributed by atoms with Gasteiger partial charge < -0.3 is 5.32 Å². The summed E-state index contributed by atoms with van der Waals surface area (Å²) in [5.74, 6) is -0.258. The normalized spacial score (nSPS) is 10.3. The van der Waals surface area contributed by atoms with Crippen LogP contribution in [0.25, 0.3) is 0 Å². The van der Waals surface area contributed by atoms with Crippen molar-refractivity contribution in [2.24, 2.45) is 0 Å². The molecule has 4 nitrogen and oxygen atoms in total. The minimum atomic E-state index is -0.258. The first-order valence-corrected chi connectivity index (χ1v) is 6.71. The monoisotopic (exact) mass is 339 g/mol. The van der Waals surface area contributed by atoms with Crippen molar-refractivity contribution >= 4 is 39.1 Å². The van der Waals surface area contributed by atoms with Crippen LogP contribution in [0.1, 0.15) is 21.7 Å². The van der Waals surface area contributed by atoms with E-state index in [1.165, 1.54) is 0 Å². The third-order valence-corrected chi connectivity index (χ3v) is 3.26. The summed E-state index contributed by atoms with van der Waals surface area (Å²) in [6, 6.07) is 5.24. The molecule has 0 unspecified atom stereocenters. The summed E-state index contributed by atoms with van der Waals surface area (Å²) in [5.41, 5.74) is 2.52. The first-order chi connectivity index (χ1) is 8.97. The number of halogens is 2. The van der Waals surface area contributed by atoms with Crippen molar-refractivity contribution < 1.29 is 4.79 Å². The zero-order valence-corrected chi connectivity index (χ0v) is 12.7. The molecule has 19 heavy (non-hydrogen) atoms. The Labute approximate surface area is 124 Å². The van der Waals surface area contributed by atoms with Crippen LogP contribution in [0.15, 0.2) is 28.9 Å². The fourth-order valence-corrected chi connectivity index (χ4v) is 2.11. The van der Waals surface area contributed by atoms with Gasteiger partial charge in [0.05, 0.1) is 16.9 Å². The second-order valence-electron chi connectivity index (χ2n) is 4.03. The molecule has 2 rings (SSSR count). The summed E-state index contributed by atoms with van der Waals surface area (Å²) in [7, 11) is 0. The molecule has 0 aliphatic heterocycles. The third-order valence-electron chi connectivity index (χ3n) is 2.52. The number of pyridine rings is 2. The minimum Gasteiger partial charge on any atom is -0.319 e. The van der Waals surface area contributed by atoms with Crippen LogP contribution in [0.5, 0.6) is 0 Å². The Morgan fingerprint density at radius 1 is 1.37 bits per heavy atom. The summed E-state index contributed by atoms with van der Waals surface area (Å²) in [4.78, 5) is 20.4. The standard InChI is InChI=1S/C13H11BrClN3O/c1-7-3-4-10(8(2)17-7)13(19)18-11-5-9(14)6-16-12(11)15/h3-6H,1-2H3,(H,18,19). The molecule has 0 aromatic carbocycles. The molecule has 6 heteroatoms. The molecular weight excluding hydrogens is 330 g/mol. The van der Waals surface area contributed by atoms with Crippen molar-refractivity contribution in [3.05, 3.63) is 51.0 Å². The van der Waals surface area contributed by atoms with Gasteiger partial charge in [-0.05, 0) is 48.0 Å². The van der Waals surface area contributed by atoms with Gasteiger partial charge in [0.25, 0.3) is 5.91 Å². The topological polar surface area (TPSA) is 54.9 Å². The Balaban J connectivity index is 2.28. The van der Waals surface area contributed by atoms with E-state index in [2.05, 4.69) is 31.2 Å². The molecule has 2 aromatic rings. The molecule has 0 aliphatic rings. The Morgan fingerprint density at radius 2 is 2.11 bits per heavy atom. The Kier molecular flexibility index (Phi) is 4.17. The van der Waals surface area contributed by atoms with Crippen LogP contribution < -0.4 is 5.32 Å². The van der Waals surface area contributed by atoms with E-state index in [1.807, 2.05) is 6.92 Å². The maximum Gasteiger partial charge on any atom is 0.257 e. The predicted molar refractivity (Wildman–Crippen MR) is 78.6 cm³/mol. The molecule has 0 radical (unpaired) electrons. The summed E-state index contributed by atoms with van der Waals surface area (Å²) in [6.07, 6.45) is 1.57. The summed E-state index contributed by atoms with van der Waals surface area (Å²) >= 11 is 9.21. The fourth-order valence-electron chi connectivity index (χ4n) is 1.63. The molecule has 1 amide bonds. The van der Waals surface area contributed by atoms with E-state index in [4.69, 9.17) is 11.6 Å². The maximum absolute atomic E-state index is 12.2. The summed E-state index contributed by atoms with van der Waals surface area (Å²) in [6.45, 7) is 3.67. The molecule has 98 valence electrons. The van der Waals surface area contributed by atoms with Crippen molar-refractivity contribution in [3.8, 4) is 0 Å². The molecule has 0 aliphatic carbocycles. The Bertz CT molecular complexity index is 646. The van der Waals surface area contributed by atoms with Crippen molar-refractivity contribution in [1.82, 2.24) is 9.97 Å². The number of nitrogens with one attached hydrogen (secondary N) is 1. The number of carbonyl (C=O) groups is 1. The predicted octanol–water partition coefficient (Wildman–Crippen LogP) is 3.76. The molecule has 0 fully saturated rings. The van der Waals surface area contributed by atoms with Crippen LogP contribution in [0.2, 0.25) is 5.15 Å². The first-order valence-electron chi connectivity index (χ1n) is 5.54. The Hall–Kier alpha value is -1.46. The molecule has 1 N–H and O–H groups in total. The lowest BCUT2D eigenvalue weighted by Gasteiger charge is -2.09. The largest absolute Gasteiger partial charge is 0.319 e. The highest BCUT2D eigenvalue weighted by Crippen LogP contribution is 2.23. The number of rotatable bonds is 2. The van der Waals surface area contributed by atoms with Gasteiger partial charge in [0.1, 0.15) is 0 Å². The lowest BCUT2D eigenvalue weighted by atomic mass is 10.1. The quantitative estimate of drug-likeness (QED) is 0.847. The number of aryl methyl sites for hydroxylation is 2. The molecule has 2 heterocycles. The van der Waals surface area contributed by atoms with Gasteiger partial charge in [-0.25, -0.2) is 4.98 Å². The maximum atomic E-state index is 12.2. The molecule has 0 saturated carbocycles. The van der Waals surface area contributed by atoms with Crippen LogP contribution in [0.4, 0.5) is 5.69 Å². The highest BCUT2D eigenvalue weighted by molar-refractivity contribution is 9.10. The molecule has 0 saturated heterocycles. The van der Waals surface area contributed by atoms with E-state index < -0.39 is 0 Å². The highest BCUT2D eigenvalue weighted by atomic mass is 79.9. The smallest absolute Gasteiger partial charge is 0.257 e. The van der Waals surface area contributed by atoms with E-state index in [0.29, 0.717) is 16.9 Å². The fraction of sp³-hybridized carbons (Fsp3) is 0.154. The van der Waals surface area contributed by atoms with Gasteiger partial charge in [-0.3, -0.25) is 9.78 Å². The molecule has 2 aromatic heterocycles. The number of hydrogen-bond donors (Lipinski definition) is 1. The second kappa shape index (κ2) is 5.67. The zero-order valence-electron chi connectivity index (χ0n) is 10.4. The second-order valence-corrected chi connectivity index (χ2v) is 5.31. The van der Waals surface area contributed by atoms with Gasteiger partial charge in [0.15, 0.2) is 5.15 Å². The molecule has 0 bridgehead atoms. The van der Waals surface area contributed by atoms with Crippen LogP contribution in [-0.2, 0) is 0 Å². The van der Waals surface area contributed by atoms with Gasteiger partial charge in [0, 0.05) is 16.4 Å². The van der Waals surface area contributed by atoms with Gasteiger partial charge in [-0.2, -0.15) is 0 Å². The van der Waals surface area contributed by atoms with Gasteiger partial charge in [0.2, 0.25) is 0 Å². The number of nitrogens with zero attached hydrogens (tertiary/aromatic N) is 2. The van der Waals surface area contributed by atoms with Crippen LogP contribution in [0, 0.1) is 13.8 Å². The van der Waals surface area contributed by atoms with Crippen molar-refractivity contribution in [2.45, 2.75) is 13.8 Å². The molecule has 0 spiro atoms. The first kappa shape index (κ1) is 14.0. The zero-order chi connectivity index (χ0) is 14.0. The van der Waals surface area contributed by atoms with Crippen LogP contribution in [0.3, 0.4) is 0 Å². The lowest BCUT2D eigenvalue weighted by Crippen LogP contribution is -2.14. The summed E-state index contributed by atoms with van der Waals surface area (Å²) < 4.78 is 0.742. The average Bonchev–Trinajstić information content (AvgIpc) is 2.33. The number of carbonyl (C=O) groups excluding carboxylic acids is 1. The van der Waals surface area contributed by atoms with E-state index in [-0.39, 0.29) is 11.1 Å². The minimum absolute atomic E-state index is 0.245. The van der Waals surface area contributed by atoms with Crippen molar-refractivity contribution in [1.29, 1.82) is 0 Å². The average molecular weight is 341 g/mol. The van der Waals surface area contributed by atoms with Crippen LogP contribution >= 0.6 is 27.5 Å². The number of anilines is 1. The van der Waals surface area contributed by atoms with E-state index in [1.54, 1.807) is 31.3 Å².